The highest BCUT2D eigenvalue weighted by molar-refractivity contribution is 7.86. The van der Waals surface area contributed by atoms with E-state index in [1.807, 2.05) is 6.07 Å². The molecular formula is C24H18F6N4O3S. The van der Waals surface area contributed by atoms with Gasteiger partial charge in [-0.2, -0.15) is 18.4 Å². The largest absolute Gasteiger partial charge is 0.573 e. The highest BCUT2D eigenvalue weighted by Gasteiger charge is 2.37. The molecule has 0 spiro atoms. The molecule has 38 heavy (non-hydrogen) atoms. The van der Waals surface area contributed by atoms with E-state index < -0.39 is 45.4 Å². The first kappa shape index (κ1) is 28.5. The van der Waals surface area contributed by atoms with Crippen molar-refractivity contribution in [3.63, 3.8) is 0 Å². The van der Waals surface area contributed by atoms with Gasteiger partial charge < -0.3 is 10.1 Å². The summed E-state index contributed by atoms with van der Waals surface area (Å²) in [7, 11) is -3.22. The molecular weight excluding hydrogens is 538 g/mol. The van der Waals surface area contributed by atoms with Crippen molar-refractivity contribution in [2.75, 3.05) is 5.32 Å². The Morgan fingerprint density at radius 2 is 1.63 bits per heavy atom. The first-order valence-electron chi connectivity index (χ1n) is 10.6. The van der Waals surface area contributed by atoms with E-state index in [2.05, 4.69) is 20.9 Å². The van der Waals surface area contributed by atoms with E-state index in [9.17, 15) is 35.3 Å². The number of hydrazine groups is 1. The summed E-state index contributed by atoms with van der Waals surface area (Å²) in [4.78, 5) is 11.9. The lowest BCUT2D eigenvalue weighted by atomic mass is 9.98. The summed E-state index contributed by atoms with van der Waals surface area (Å²) < 4.78 is 91.2. The zero-order chi connectivity index (χ0) is 27.9. The number of benzene rings is 3. The van der Waals surface area contributed by atoms with Crippen molar-refractivity contribution in [3.05, 3.63) is 89.5 Å². The van der Waals surface area contributed by atoms with Gasteiger partial charge in [-0.1, -0.05) is 24.3 Å². The van der Waals surface area contributed by atoms with Crippen LogP contribution in [0.2, 0.25) is 0 Å². The standard InChI is InChI=1S/C24H18F6N4O3S/c25-23(26,27)37-19-3-1-2-17(13-19)21(12-15-4-6-16(14-31)7-5-15)33-34-22(35)32-18-8-10-20(11-9-18)38(36)24(28,29)30/h1-11,13,21,33H,12H2,(H2,32,34,35). The predicted molar refractivity (Wildman–Crippen MR) is 125 cm³/mol. The van der Waals surface area contributed by atoms with E-state index in [0.29, 0.717) is 16.7 Å². The maximum Gasteiger partial charge on any atom is 0.573 e. The van der Waals surface area contributed by atoms with E-state index in [1.165, 1.54) is 12.1 Å². The Kier molecular flexibility index (Phi) is 8.97. The topological polar surface area (TPSA) is 103 Å². The second kappa shape index (κ2) is 12.0. The number of amides is 2. The van der Waals surface area contributed by atoms with Crippen LogP contribution in [0.4, 0.5) is 36.8 Å². The van der Waals surface area contributed by atoms with Gasteiger partial charge in [-0.05, 0) is 66.1 Å². The number of halogens is 6. The molecule has 200 valence electrons. The van der Waals surface area contributed by atoms with Crippen molar-refractivity contribution < 1.29 is 40.1 Å². The molecule has 0 saturated carbocycles. The molecule has 0 heterocycles. The summed E-state index contributed by atoms with van der Waals surface area (Å²) in [6, 6.07) is 16.1. The highest BCUT2D eigenvalue weighted by Crippen LogP contribution is 2.28. The molecule has 3 rings (SSSR count). The predicted octanol–water partition coefficient (Wildman–Crippen LogP) is 5.69. The van der Waals surface area contributed by atoms with Crippen LogP contribution in [-0.2, 0) is 17.2 Å². The summed E-state index contributed by atoms with van der Waals surface area (Å²) in [5.74, 6) is -0.470. The molecule has 7 nitrogen and oxygen atoms in total. The first-order valence-corrected chi connectivity index (χ1v) is 11.7. The van der Waals surface area contributed by atoms with Gasteiger partial charge in [0.25, 0.3) is 0 Å². The number of alkyl halides is 6. The van der Waals surface area contributed by atoms with Gasteiger partial charge in [0.05, 0.1) is 17.7 Å². The fourth-order valence-corrected chi connectivity index (χ4v) is 3.89. The third-order valence-corrected chi connectivity index (χ3v) is 6.03. The molecule has 3 aromatic rings. The first-order chi connectivity index (χ1) is 17.8. The molecule has 0 aliphatic rings. The average Bonchev–Trinajstić information content (AvgIpc) is 2.85. The van der Waals surface area contributed by atoms with Crippen LogP contribution in [0, 0.1) is 11.3 Å². The Labute approximate surface area is 214 Å². The molecule has 2 atom stereocenters. The van der Waals surface area contributed by atoms with Crippen LogP contribution in [0.1, 0.15) is 22.7 Å². The number of anilines is 1. The average molecular weight is 556 g/mol. The van der Waals surface area contributed by atoms with Crippen LogP contribution in [0.15, 0.2) is 77.7 Å². The monoisotopic (exact) mass is 556 g/mol. The summed E-state index contributed by atoms with van der Waals surface area (Å²) in [6.45, 7) is 0. The number of carbonyl (C=O) groups is 1. The highest BCUT2D eigenvalue weighted by atomic mass is 32.2. The van der Waals surface area contributed by atoms with Gasteiger partial charge >= 0.3 is 17.9 Å². The molecule has 3 aromatic carbocycles. The van der Waals surface area contributed by atoms with Crippen LogP contribution in [-0.4, -0.2) is 22.1 Å². The van der Waals surface area contributed by atoms with E-state index in [-0.39, 0.29) is 12.1 Å². The zero-order valence-corrected chi connectivity index (χ0v) is 19.9. The van der Waals surface area contributed by atoms with E-state index >= 15 is 0 Å². The van der Waals surface area contributed by atoms with Crippen LogP contribution < -0.4 is 20.9 Å². The maximum atomic E-state index is 12.7. The number of urea groups is 1. The van der Waals surface area contributed by atoms with Crippen LogP contribution in [0.3, 0.4) is 0 Å². The van der Waals surface area contributed by atoms with Crippen molar-refractivity contribution in [3.8, 4) is 11.8 Å². The number of hydrogen-bond donors (Lipinski definition) is 3. The minimum Gasteiger partial charge on any atom is -0.406 e. The van der Waals surface area contributed by atoms with Gasteiger partial charge in [-0.15, -0.1) is 13.2 Å². The minimum absolute atomic E-state index is 0.0939. The normalized spacial score (nSPS) is 13.2. The Hall–Kier alpha value is -4.09. The van der Waals surface area contributed by atoms with Crippen molar-refractivity contribution in [1.29, 1.82) is 5.26 Å². The maximum absolute atomic E-state index is 12.7. The second-order valence-electron chi connectivity index (χ2n) is 7.65. The fourth-order valence-electron chi connectivity index (χ4n) is 3.24. The smallest absolute Gasteiger partial charge is 0.406 e. The zero-order valence-electron chi connectivity index (χ0n) is 19.1. The Morgan fingerprint density at radius 3 is 2.21 bits per heavy atom. The van der Waals surface area contributed by atoms with E-state index in [1.54, 1.807) is 24.3 Å². The molecule has 2 amide bonds. The van der Waals surface area contributed by atoms with E-state index in [4.69, 9.17) is 5.26 Å². The molecule has 0 saturated heterocycles. The Morgan fingerprint density at radius 1 is 0.974 bits per heavy atom. The van der Waals surface area contributed by atoms with Crippen LogP contribution in [0.5, 0.6) is 5.75 Å². The number of nitrogens with one attached hydrogen (secondary N) is 3. The summed E-state index contributed by atoms with van der Waals surface area (Å²) >= 11 is 0. The van der Waals surface area contributed by atoms with Crippen molar-refractivity contribution in [2.45, 2.75) is 29.2 Å². The SMILES string of the molecule is N#Cc1ccc(CC(NNC(=O)Nc2ccc(S(=O)C(F)(F)F)cc2)c2cccc(OC(F)(F)F)c2)cc1. The molecule has 0 aliphatic heterocycles. The summed E-state index contributed by atoms with van der Waals surface area (Å²) in [5.41, 5.74) is 1.65. The van der Waals surface area contributed by atoms with Crippen molar-refractivity contribution in [1.82, 2.24) is 10.9 Å². The lowest BCUT2D eigenvalue weighted by molar-refractivity contribution is -0.274. The number of hydrogen-bond acceptors (Lipinski definition) is 5. The van der Waals surface area contributed by atoms with Gasteiger partial charge in [0, 0.05) is 10.6 Å². The summed E-state index contributed by atoms with van der Waals surface area (Å²) in [5, 5.41) is 11.3. The molecule has 0 aliphatic carbocycles. The molecule has 0 bridgehead atoms. The van der Waals surface area contributed by atoms with E-state index in [0.717, 1.165) is 36.4 Å². The van der Waals surface area contributed by atoms with Gasteiger partial charge in [0.1, 0.15) is 5.75 Å². The van der Waals surface area contributed by atoms with Gasteiger partial charge in [-0.25, -0.2) is 14.4 Å². The van der Waals surface area contributed by atoms with Crippen molar-refractivity contribution >= 4 is 22.5 Å². The minimum atomic E-state index is -4.93. The lowest BCUT2D eigenvalue weighted by Crippen LogP contribution is -2.43. The molecule has 2 unspecified atom stereocenters. The molecule has 0 radical (unpaired) electrons. The quantitative estimate of drug-likeness (QED) is 0.244. The second-order valence-corrected chi connectivity index (χ2v) is 9.12. The Bertz CT molecular complexity index is 1320. The number of nitriles is 1. The van der Waals surface area contributed by atoms with Crippen molar-refractivity contribution in [2.24, 2.45) is 0 Å². The third kappa shape index (κ3) is 8.49. The molecule has 3 N–H and O–H groups in total. The van der Waals surface area contributed by atoms with Gasteiger partial charge in [-0.3, -0.25) is 5.43 Å². The lowest BCUT2D eigenvalue weighted by Gasteiger charge is -2.21. The van der Waals surface area contributed by atoms with Crippen LogP contribution in [0.25, 0.3) is 0 Å². The number of carbonyl (C=O) groups excluding carboxylic acids is 1. The number of nitrogens with zero attached hydrogens (tertiary/aromatic N) is 1. The van der Waals surface area contributed by atoms with Gasteiger partial charge in [0.15, 0.2) is 10.8 Å². The Balaban J connectivity index is 1.73. The third-order valence-electron chi connectivity index (χ3n) is 4.91. The molecule has 0 fully saturated rings. The molecule has 14 heteroatoms. The fraction of sp³-hybridized carbons (Fsp3) is 0.167. The number of ether oxygens (including phenoxy) is 1. The van der Waals surface area contributed by atoms with Crippen LogP contribution >= 0.6 is 0 Å². The van der Waals surface area contributed by atoms with Gasteiger partial charge in [0.2, 0.25) is 0 Å². The molecule has 0 aromatic heterocycles. The number of rotatable bonds is 8. The summed E-state index contributed by atoms with van der Waals surface area (Å²) in [6.07, 6.45) is -4.73.